The Bertz CT molecular complexity index is 2240. The van der Waals surface area contributed by atoms with Crippen LogP contribution in [0.5, 0.6) is 0 Å². The average molecular weight is 873 g/mol. The molecule has 2 heterocycles. The number of imide groups is 2. The second kappa shape index (κ2) is 13.3. The lowest BCUT2D eigenvalue weighted by Crippen LogP contribution is -2.65. The molecule has 2 saturated heterocycles. The highest BCUT2D eigenvalue weighted by Crippen LogP contribution is 2.76. The first kappa shape index (κ1) is 42.5. The summed E-state index contributed by atoms with van der Waals surface area (Å²) in [7, 11) is 0. The van der Waals surface area contributed by atoms with Gasteiger partial charge in [0.2, 0.25) is 23.6 Å². The number of benzene rings is 1. The van der Waals surface area contributed by atoms with Gasteiger partial charge in [0.15, 0.2) is 0 Å². The van der Waals surface area contributed by atoms with Crippen LogP contribution in [0.15, 0.2) is 47.6 Å². The molecular weight excluding hydrogens is 805 g/mol. The van der Waals surface area contributed by atoms with Gasteiger partial charge in [-0.05, 0) is 154 Å². The average Bonchev–Trinajstić information content (AvgIpc) is 3.69. The molecule has 1 aromatic carbocycles. The third-order valence-electron chi connectivity index (χ3n) is 21.7. The first-order valence-electron chi connectivity index (χ1n) is 24.9. The van der Waals surface area contributed by atoms with Gasteiger partial charge in [-0.1, -0.05) is 83.7 Å². The molecule has 10 aliphatic carbocycles. The van der Waals surface area contributed by atoms with Crippen molar-refractivity contribution in [3.8, 4) is 0 Å². The zero-order chi connectivity index (χ0) is 45.6. The molecule has 16 atom stereocenters. The highest BCUT2D eigenvalue weighted by Gasteiger charge is 2.75. The number of hydrogen-bond donors (Lipinski definition) is 2. The molecule has 64 heavy (non-hydrogen) atoms. The van der Waals surface area contributed by atoms with Gasteiger partial charge in [-0.25, -0.2) is 9.80 Å². The summed E-state index contributed by atoms with van der Waals surface area (Å²) in [5, 5.41) is 21.2. The molecule has 13 rings (SSSR count). The minimum absolute atomic E-state index is 0.0165. The minimum Gasteiger partial charge on any atom is -0.481 e. The van der Waals surface area contributed by atoms with E-state index in [0.29, 0.717) is 49.9 Å². The smallest absolute Gasteiger partial charge is 0.309 e. The van der Waals surface area contributed by atoms with E-state index in [4.69, 9.17) is 0 Å². The summed E-state index contributed by atoms with van der Waals surface area (Å²) in [6.07, 6.45) is 13.8. The van der Waals surface area contributed by atoms with E-state index in [1.54, 1.807) is 24.3 Å². The topological polar surface area (TPSA) is 149 Å². The molecule has 10 heteroatoms. The Hall–Kier alpha value is -4.08. The van der Waals surface area contributed by atoms with Crippen LogP contribution in [0.4, 0.5) is 11.4 Å². The van der Waals surface area contributed by atoms with Gasteiger partial charge in [-0.2, -0.15) is 0 Å². The van der Waals surface area contributed by atoms with Crippen molar-refractivity contribution in [2.75, 3.05) is 9.80 Å². The van der Waals surface area contributed by atoms with Gasteiger partial charge in [0, 0.05) is 10.8 Å². The van der Waals surface area contributed by atoms with Crippen molar-refractivity contribution in [1.29, 1.82) is 0 Å². The number of amides is 4. The maximum absolute atomic E-state index is 15.3. The number of allylic oxidation sites excluding steroid dienone is 4. The largest absolute Gasteiger partial charge is 0.481 e. The molecule has 0 radical (unpaired) electrons. The third-order valence-corrected chi connectivity index (χ3v) is 21.7. The lowest BCUT2D eigenvalue weighted by molar-refractivity contribution is -0.194. The molecular formula is C54H68N2O8. The van der Waals surface area contributed by atoms with E-state index in [9.17, 15) is 19.8 Å². The van der Waals surface area contributed by atoms with Gasteiger partial charge in [0.1, 0.15) is 0 Å². The maximum Gasteiger partial charge on any atom is 0.309 e. The Morgan fingerprint density at radius 2 is 0.969 bits per heavy atom. The predicted octanol–water partition coefficient (Wildman–Crippen LogP) is 9.72. The van der Waals surface area contributed by atoms with Crippen LogP contribution in [0.2, 0.25) is 0 Å². The maximum atomic E-state index is 15.3. The summed E-state index contributed by atoms with van der Waals surface area (Å²) in [6, 6.07) is 7.01. The van der Waals surface area contributed by atoms with E-state index in [-0.39, 0.29) is 81.8 Å². The minimum atomic E-state index is -0.833. The van der Waals surface area contributed by atoms with Crippen LogP contribution in [-0.4, -0.2) is 45.8 Å². The molecule has 4 bridgehead atoms. The van der Waals surface area contributed by atoms with Crippen LogP contribution in [0.25, 0.3) is 0 Å². The molecule has 6 saturated carbocycles. The van der Waals surface area contributed by atoms with E-state index >= 15 is 19.2 Å². The highest BCUT2D eigenvalue weighted by atomic mass is 16.4. The Morgan fingerprint density at radius 3 is 1.33 bits per heavy atom. The molecule has 16 unspecified atom stereocenters. The van der Waals surface area contributed by atoms with Crippen LogP contribution in [0, 0.1) is 104 Å². The molecule has 0 aromatic heterocycles. The number of fused-ring (bicyclic) bond motifs is 2. The van der Waals surface area contributed by atoms with E-state index < -0.39 is 57.3 Å². The molecule has 10 nitrogen and oxygen atoms in total. The summed E-state index contributed by atoms with van der Waals surface area (Å²) in [5.74, 6) is -4.24. The van der Waals surface area contributed by atoms with Gasteiger partial charge < -0.3 is 10.2 Å². The fraction of sp³-hybridized carbons (Fsp3) is 0.704. The molecule has 2 aliphatic heterocycles. The number of carboxylic acid groups (broad SMARTS) is 2. The van der Waals surface area contributed by atoms with Crippen molar-refractivity contribution in [2.45, 2.75) is 132 Å². The Kier molecular flexibility index (Phi) is 8.84. The normalized spacial score (nSPS) is 47.5. The number of nitrogens with zero attached hydrogens (tertiary/aromatic N) is 2. The Morgan fingerprint density at radius 1 is 0.578 bits per heavy atom. The molecule has 2 N–H and O–H groups in total. The first-order valence-corrected chi connectivity index (χ1v) is 24.9. The standard InChI is InChI=1S/C54H68N2O8/c1-27(2)33-25-53-20-14-35-49(5,16-10-18-51(35,7)47(61)62)37(53)23-31(33)39-41(53)45(59)55(43(39)57)29-12-9-13-30(22-29)56-44(58)40-32-24-38-50(6)17-11-19-52(8,48(63)64)36(50)15-21-54(38,42(40)46(56)60)26-34(32)28(3)4/h9,12-13,22,25-28,31-32,35-42H,10-11,14-21,23-24H2,1-8H3,(H,61,62)(H,63,64). The Labute approximate surface area is 378 Å². The van der Waals surface area contributed by atoms with Crippen molar-refractivity contribution in [3.05, 3.63) is 47.6 Å². The van der Waals surface area contributed by atoms with Crippen molar-refractivity contribution in [3.63, 3.8) is 0 Å². The van der Waals surface area contributed by atoms with E-state index in [0.717, 1.165) is 38.5 Å². The quantitative estimate of drug-likeness (QED) is 0.212. The van der Waals surface area contributed by atoms with E-state index in [1.807, 2.05) is 13.8 Å². The van der Waals surface area contributed by atoms with Gasteiger partial charge in [0.05, 0.1) is 45.9 Å². The number of carboxylic acids is 2. The van der Waals surface area contributed by atoms with E-state index in [2.05, 4.69) is 53.7 Å². The molecule has 1 aromatic rings. The zero-order valence-corrected chi connectivity index (χ0v) is 39.1. The van der Waals surface area contributed by atoms with Crippen LogP contribution < -0.4 is 9.80 Å². The monoisotopic (exact) mass is 872 g/mol. The fourth-order valence-corrected chi connectivity index (χ4v) is 19.2. The second-order valence-electron chi connectivity index (χ2n) is 24.5. The number of aliphatic carboxylic acids is 2. The summed E-state index contributed by atoms with van der Waals surface area (Å²) < 4.78 is 0. The van der Waals surface area contributed by atoms with Crippen LogP contribution in [-0.2, 0) is 28.8 Å². The van der Waals surface area contributed by atoms with Crippen molar-refractivity contribution in [2.24, 2.45) is 104 Å². The molecule has 8 fully saturated rings. The lowest BCUT2D eigenvalue weighted by atomic mass is 9.34. The molecule has 342 valence electrons. The molecule has 12 aliphatic rings. The van der Waals surface area contributed by atoms with Gasteiger partial charge in [0.25, 0.3) is 0 Å². The number of carbonyl (C=O) groups is 6. The third kappa shape index (κ3) is 4.89. The number of rotatable bonds is 6. The number of carbonyl (C=O) groups excluding carboxylic acids is 4. The van der Waals surface area contributed by atoms with E-state index in [1.165, 1.54) is 20.9 Å². The highest BCUT2D eigenvalue weighted by molar-refractivity contribution is 6.25. The summed E-state index contributed by atoms with van der Waals surface area (Å²) >= 11 is 0. The van der Waals surface area contributed by atoms with Gasteiger partial charge in [-0.3, -0.25) is 28.8 Å². The number of anilines is 2. The zero-order valence-electron chi connectivity index (χ0n) is 39.1. The molecule has 2 spiro atoms. The molecule has 4 amide bonds. The SMILES string of the molecule is CC(C)C1=CC23CCC4C(C)(C(=O)O)CCCC4(C)C2CC1C1C(=O)N(c2cccc(N4C(=O)C5C6CC7C8(C)CCCC(C)(C(=O)O)C8CCC7(C=C6C(C)C)C5C4=O)c2)C(=O)C13. The van der Waals surface area contributed by atoms with Crippen molar-refractivity contribution < 1.29 is 39.0 Å². The lowest BCUT2D eigenvalue weighted by Gasteiger charge is -2.68. The predicted molar refractivity (Wildman–Crippen MR) is 240 cm³/mol. The summed E-state index contributed by atoms with van der Waals surface area (Å²) in [5.41, 5.74) is -0.121. The van der Waals surface area contributed by atoms with Crippen LogP contribution in [0.1, 0.15) is 132 Å². The van der Waals surface area contributed by atoms with Crippen LogP contribution >= 0.6 is 0 Å². The second-order valence-corrected chi connectivity index (χ2v) is 24.5. The van der Waals surface area contributed by atoms with Gasteiger partial charge in [-0.15, -0.1) is 0 Å². The fourth-order valence-electron chi connectivity index (χ4n) is 19.2. The summed E-state index contributed by atoms with van der Waals surface area (Å²) in [6.45, 7) is 17.1. The number of hydrogen-bond acceptors (Lipinski definition) is 6. The summed E-state index contributed by atoms with van der Waals surface area (Å²) in [4.78, 5) is 89.4. The van der Waals surface area contributed by atoms with Crippen LogP contribution in [0.3, 0.4) is 0 Å². The van der Waals surface area contributed by atoms with Crippen molar-refractivity contribution >= 4 is 46.9 Å². The van der Waals surface area contributed by atoms with Gasteiger partial charge >= 0.3 is 11.9 Å². The van der Waals surface area contributed by atoms with Crippen molar-refractivity contribution in [1.82, 2.24) is 0 Å². The first-order chi connectivity index (χ1) is 30.1. The Balaban J connectivity index is 0.948.